The van der Waals surface area contributed by atoms with E-state index in [1.807, 2.05) is 60.8 Å². The maximum atomic E-state index is 12.0. The van der Waals surface area contributed by atoms with Gasteiger partial charge in [-0.15, -0.1) is 11.3 Å². The minimum Gasteiger partial charge on any atom is -0.302 e. The molecule has 2 aromatic carbocycles. The monoisotopic (exact) mass is 356 g/mol. The summed E-state index contributed by atoms with van der Waals surface area (Å²) in [6.07, 6.45) is 3.78. The molecule has 0 unspecified atom stereocenters. The van der Waals surface area contributed by atoms with Crippen LogP contribution in [0.3, 0.4) is 0 Å². The van der Waals surface area contributed by atoms with Crippen molar-refractivity contribution in [3.8, 4) is 0 Å². The Morgan fingerprint density at radius 1 is 1.04 bits per heavy atom. The van der Waals surface area contributed by atoms with Crippen LogP contribution in [0.1, 0.15) is 22.4 Å². The first-order valence-corrected chi connectivity index (χ1v) is 8.91. The number of hydrogen-bond acceptors (Lipinski definition) is 3. The highest BCUT2D eigenvalue weighted by atomic mass is 35.5. The van der Waals surface area contributed by atoms with E-state index in [0.717, 1.165) is 28.3 Å². The predicted molar refractivity (Wildman–Crippen MR) is 99.8 cm³/mol. The van der Waals surface area contributed by atoms with Crippen LogP contribution < -0.4 is 5.32 Å². The van der Waals surface area contributed by atoms with E-state index in [-0.39, 0.29) is 5.91 Å². The number of nitrogens with one attached hydrogen (secondary N) is 1. The van der Waals surface area contributed by atoms with Crippen molar-refractivity contribution in [1.29, 1.82) is 0 Å². The lowest BCUT2D eigenvalue weighted by Crippen LogP contribution is -2.11. The second kappa shape index (κ2) is 8.08. The minimum absolute atomic E-state index is 0.00811. The molecular formula is C19H17ClN2OS. The average molecular weight is 357 g/mol. The molecule has 122 valence electrons. The zero-order valence-corrected chi connectivity index (χ0v) is 14.6. The molecule has 3 aromatic rings. The van der Waals surface area contributed by atoms with Crippen molar-refractivity contribution < 1.29 is 4.79 Å². The van der Waals surface area contributed by atoms with Gasteiger partial charge in [0.1, 0.15) is 0 Å². The van der Waals surface area contributed by atoms with Crippen LogP contribution in [0.25, 0.3) is 0 Å². The number of aryl methyl sites for hydroxylation is 1. The van der Waals surface area contributed by atoms with E-state index in [1.54, 1.807) is 0 Å². The highest BCUT2D eigenvalue weighted by Crippen LogP contribution is 2.22. The Kier molecular flexibility index (Phi) is 5.62. The Morgan fingerprint density at radius 2 is 1.79 bits per heavy atom. The van der Waals surface area contributed by atoms with E-state index in [1.165, 1.54) is 16.9 Å². The van der Waals surface area contributed by atoms with Crippen LogP contribution in [-0.2, 0) is 17.6 Å². The van der Waals surface area contributed by atoms with E-state index in [2.05, 4.69) is 10.3 Å². The molecule has 0 saturated carbocycles. The number of rotatable bonds is 6. The number of thiazole rings is 1. The van der Waals surface area contributed by atoms with Crippen LogP contribution in [0, 0.1) is 0 Å². The Bertz CT molecular complexity index is 800. The molecule has 1 heterocycles. The number of carbonyl (C=O) groups excluding carboxylic acids is 1. The van der Waals surface area contributed by atoms with Gasteiger partial charge < -0.3 is 5.32 Å². The number of benzene rings is 2. The van der Waals surface area contributed by atoms with Crippen molar-refractivity contribution in [3.63, 3.8) is 0 Å². The van der Waals surface area contributed by atoms with Gasteiger partial charge in [0.25, 0.3) is 0 Å². The van der Waals surface area contributed by atoms with Crippen LogP contribution in [-0.4, -0.2) is 10.9 Å². The zero-order chi connectivity index (χ0) is 16.8. The van der Waals surface area contributed by atoms with Gasteiger partial charge >= 0.3 is 0 Å². The Hall–Kier alpha value is -2.17. The maximum absolute atomic E-state index is 12.0. The van der Waals surface area contributed by atoms with Gasteiger partial charge in [-0.3, -0.25) is 4.79 Å². The molecule has 0 radical (unpaired) electrons. The van der Waals surface area contributed by atoms with Gasteiger partial charge in [-0.25, -0.2) is 4.98 Å². The van der Waals surface area contributed by atoms with Crippen molar-refractivity contribution in [2.45, 2.75) is 19.3 Å². The number of halogens is 1. The summed E-state index contributed by atoms with van der Waals surface area (Å²) in [6, 6.07) is 17.8. The normalized spacial score (nSPS) is 10.5. The highest BCUT2D eigenvalue weighted by molar-refractivity contribution is 7.15. The molecular weight excluding hydrogens is 340 g/mol. The Labute approximate surface area is 150 Å². The van der Waals surface area contributed by atoms with E-state index < -0.39 is 0 Å². The second-order valence-corrected chi connectivity index (χ2v) is 7.02. The first kappa shape index (κ1) is 16.7. The predicted octanol–water partition coefficient (Wildman–Crippen LogP) is 4.96. The molecule has 0 aliphatic carbocycles. The van der Waals surface area contributed by atoms with Crippen molar-refractivity contribution >= 4 is 34.0 Å². The summed E-state index contributed by atoms with van der Waals surface area (Å²) in [6.45, 7) is 0. The third-order valence-electron chi connectivity index (χ3n) is 3.58. The summed E-state index contributed by atoms with van der Waals surface area (Å²) < 4.78 is 0. The third kappa shape index (κ3) is 4.91. The van der Waals surface area contributed by atoms with Crippen LogP contribution >= 0.6 is 22.9 Å². The van der Waals surface area contributed by atoms with E-state index in [4.69, 9.17) is 11.6 Å². The number of carbonyl (C=O) groups is 1. The van der Waals surface area contributed by atoms with Gasteiger partial charge in [0.2, 0.25) is 5.91 Å². The largest absolute Gasteiger partial charge is 0.302 e. The molecule has 0 saturated heterocycles. The molecule has 24 heavy (non-hydrogen) atoms. The van der Waals surface area contributed by atoms with Crippen LogP contribution in [0.15, 0.2) is 60.8 Å². The lowest BCUT2D eigenvalue weighted by Gasteiger charge is -2.02. The highest BCUT2D eigenvalue weighted by Gasteiger charge is 2.08. The molecule has 1 aromatic heterocycles. The summed E-state index contributed by atoms with van der Waals surface area (Å²) in [5.41, 5.74) is 2.33. The summed E-state index contributed by atoms with van der Waals surface area (Å²) in [5, 5.41) is 4.26. The molecule has 5 heteroatoms. The number of amides is 1. The molecule has 0 atom stereocenters. The number of hydrogen-bond donors (Lipinski definition) is 1. The number of aromatic nitrogens is 1. The lowest BCUT2D eigenvalue weighted by atomic mass is 10.1. The van der Waals surface area contributed by atoms with Crippen LogP contribution in [0.5, 0.6) is 0 Å². The van der Waals surface area contributed by atoms with Crippen molar-refractivity contribution in [3.05, 3.63) is 81.8 Å². The van der Waals surface area contributed by atoms with Crippen molar-refractivity contribution in [2.24, 2.45) is 0 Å². The van der Waals surface area contributed by atoms with Gasteiger partial charge in [-0.1, -0.05) is 54.1 Å². The van der Waals surface area contributed by atoms with Crippen LogP contribution in [0.2, 0.25) is 5.02 Å². The van der Waals surface area contributed by atoms with Gasteiger partial charge in [0.15, 0.2) is 5.13 Å². The average Bonchev–Trinajstić information content (AvgIpc) is 3.03. The molecule has 1 N–H and O–H groups in total. The summed E-state index contributed by atoms with van der Waals surface area (Å²) in [4.78, 5) is 17.4. The fourth-order valence-corrected chi connectivity index (χ4v) is 3.32. The SMILES string of the molecule is O=C(CCc1ccccc1)Nc1ncc(Cc2ccc(Cl)cc2)s1. The van der Waals surface area contributed by atoms with E-state index in [9.17, 15) is 4.79 Å². The smallest absolute Gasteiger partial charge is 0.226 e. The van der Waals surface area contributed by atoms with Gasteiger partial charge in [-0.05, 0) is 29.7 Å². The van der Waals surface area contributed by atoms with Crippen molar-refractivity contribution in [2.75, 3.05) is 5.32 Å². The number of nitrogens with zero attached hydrogens (tertiary/aromatic N) is 1. The molecule has 0 aliphatic heterocycles. The molecule has 0 spiro atoms. The molecule has 0 aliphatic rings. The molecule has 0 bridgehead atoms. The number of anilines is 1. The van der Waals surface area contributed by atoms with E-state index in [0.29, 0.717) is 11.6 Å². The lowest BCUT2D eigenvalue weighted by molar-refractivity contribution is -0.116. The Morgan fingerprint density at radius 3 is 2.54 bits per heavy atom. The standard InChI is InChI=1S/C19H17ClN2OS/c20-16-9-6-15(7-10-16)12-17-13-21-19(24-17)22-18(23)11-8-14-4-2-1-3-5-14/h1-7,9-10,13H,8,11-12H2,(H,21,22,23). The Balaban J connectivity index is 1.51. The molecule has 0 fully saturated rings. The summed E-state index contributed by atoms with van der Waals surface area (Å²) in [5.74, 6) is -0.00811. The van der Waals surface area contributed by atoms with Crippen LogP contribution in [0.4, 0.5) is 5.13 Å². The topological polar surface area (TPSA) is 42.0 Å². The first-order chi connectivity index (χ1) is 11.7. The zero-order valence-electron chi connectivity index (χ0n) is 13.0. The van der Waals surface area contributed by atoms with E-state index >= 15 is 0 Å². The second-order valence-electron chi connectivity index (χ2n) is 5.47. The fraction of sp³-hybridized carbons (Fsp3) is 0.158. The summed E-state index contributed by atoms with van der Waals surface area (Å²) >= 11 is 7.40. The first-order valence-electron chi connectivity index (χ1n) is 7.72. The van der Waals surface area contributed by atoms with Gasteiger partial charge in [0.05, 0.1) is 0 Å². The molecule has 3 nitrogen and oxygen atoms in total. The summed E-state index contributed by atoms with van der Waals surface area (Å²) in [7, 11) is 0. The van der Waals surface area contributed by atoms with Gasteiger partial charge in [0, 0.05) is 28.9 Å². The maximum Gasteiger partial charge on any atom is 0.226 e. The molecule has 1 amide bonds. The minimum atomic E-state index is -0.00811. The molecule has 3 rings (SSSR count). The van der Waals surface area contributed by atoms with Gasteiger partial charge in [-0.2, -0.15) is 0 Å². The fourth-order valence-electron chi connectivity index (χ4n) is 2.33. The third-order valence-corrected chi connectivity index (χ3v) is 4.74. The quantitative estimate of drug-likeness (QED) is 0.678. The van der Waals surface area contributed by atoms with Crippen molar-refractivity contribution in [1.82, 2.24) is 4.98 Å².